The molecule has 0 fully saturated rings. The van der Waals surface area contributed by atoms with Crippen molar-refractivity contribution in [3.8, 4) is 0 Å². The van der Waals surface area contributed by atoms with Crippen LogP contribution in [0, 0.1) is 0 Å². The van der Waals surface area contributed by atoms with Gasteiger partial charge in [-0.1, -0.05) is 6.07 Å². The molecule has 0 aromatic heterocycles. The molecule has 0 spiro atoms. The molecular formula is C13H14FeN4O3S. The zero-order valence-electron chi connectivity index (χ0n) is 11.3. The van der Waals surface area contributed by atoms with Crippen molar-refractivity contribution < 1.29 is 30.3 Å². The van der Waals surface area contributed by atoms with Crippen molar-refractivity contribution in [2.24, 2.45) is 0 Å². The third-order valence-electron chi connectivity index (χ3n) is 2.58. The van der Waals surface area contributed by atoms with Crippen molar-refractivity contribution in [3.63, 3.8) is 0 Å². The molecule has 0 atom stereocenters. The van der Waals surface area contributed by atoms with E-state index in [1.54, 1.807) is 36.4 Å². The van der Waals surface area contributed by atoms with E-state index in [0.717, 1.165) is 0 Å². The number of benzene rings is 2. The summed E-state index contributed by atoms with van der Waals surface area (Å²) in [6.07, 6.45) is 0.496. The Morgan fingerprint density at radius 2 is 1.64 bits per heavy atom. The van der Waals surface area contributed by atoms with Gasteiger partial charge in [-0.3, -0.25) is 20.4 Å². The second-order valence-electron chi connectivity index (χ2n) is 4.14. The standard InChI is InChI=1S/C13H14N4O3S.Fe/c14-10-2-1-3-13(8-10)21(19,20)17-12-6-4-11(5-7-12)16-15-9-18;/h1-9,16-17H,14H2,(H,15,18);. The van der Waals surface area contributed by atoms with E-state index in [2.05, 4.69) is 15.6 Å². The second kappa shape index (κ2) is 7.69. The number of nitrogens with one attached hydrogen (secondary N) is 3. The van der Waals surface area contributed by atoms with Crippen LogP contribution in [0.4, 0.5) is 17.1 Å². The molecule has 118 valence electrons. The summed E-state index contributed by atoms with van der Waals surface area (Å²) in [6, 6.07) is 12.4. The fourth-order valence-corrected chi connectivity index (χ4v) is 2.74. The van der Waals surface area contributed by atoms with Crippen LogP contribution >= 0.6 is 0 Å². The van der Waals surface area contributed by atoms with E-state index in [0.29, 0.717) is 23.5 Å². The van der Waals surface area contributed by atoms with Crippen molar-refractivity contribution in [1.82, 2.24) is 5.43 Å². The maximum absolute atomic E-state index is 12.2. The molecule has 2 rings (SSSR count). The van der Waals surface area contributed by atoms with Crippen LogP contribution < -0.4 is 21.3 Å². The van der Waals surface area contributed by atoms with Crippen LogP contribution in [-0.4, -0.2) is 14.8 Å². The molecule has 7 nitrogen and oxygen atoms in total. The van der Waals surface area contributed by atoms with Crippen molar-refractivity contribution >= 4 is 33.5 Å². The molecule has 0 aliphatic rings. The van der Waals surface area contributed by atoms with Gasteiger partial charge in [0, 0.05) is 28.4 Å². The van der Waals surface area contributed by atoms with Crippen LogP contribution in [0.15, 0.2) is 53.4 Å². The molecule has 0 aliphatic heterocycles. The summed E-state index contributed by atoms with van der Waals surface area (Å²) in [4.78, 5) is 10.2. The SMILES string of the molecule is Nc1cccc(S(=O)(=O)Nc2ccc(NNC=O)cc2)c1.[Fe]. The summed E-state index contributed by atoms with van der Waals surface area (Å²) in [5.74, 6) is 0. The monoisotopic (exact) mass is 362 g/mol. The zero-order chi connectivity index (χ0) is 15.3. The minimum atomic E-state index is -3.69. The first kappa shape index (κ1) is 17.8. The van der Waals surface area contributed by atoms with Crippen LogP contribution in [0.2, 0.25) is 0 Å². The Bertz CT molecular complexity index is 735. The van der Waals surface area contributed by atoms with Gasteiger partial charge in [0.15, 0.2) is 0 Å². The maximum Gasteiger partial charge on any atom is 0.261 e. The van der Waals surface area contributed by atoms with E-state index in [-0.39, 0.29) is 22.0 Å². The third kappa shape index (κ3) is 4.66. The van der Waals surface area contributed by atoms with Crippen LogP contribution in [0.25, 0.3) is 0 Å². The number of nitrogens with two attached hydrogens (primary N) is 1. The first-order valence-electron chi connectivity index (χ1n) is 5.95. The van der Waals surface area contributed by atoms with E-state index < -0.39 is 10.0 Å². The summed E-state index contributed by atoms with van der Waals surface area (Å²) < 4.78 is 26.8. The number of nitrogen functional groups attached to an aromatic ring is 1. The Morgan fingerprint density at radius 3 is 2.23 bits per heavy atom. The molecule has 0 saturated carbocycles. The van der Waals surface area contributed by atoms with Gasteiger partial charge in [-0.15, -0.1) is 0 Å². The molecule has 0 heterocycles. The topological polar surface area (TPSA) is 113 Å². The molecule has 0 radical (unpaired) electrons. The van der Waals surface area contributed by atoms with E-state index in [9.17, 15) is 13.2 Å². The van der Waals surface area contributed by atoms with Crippen LogP contribution in [-0.2, 0) is 31.9 Å². The van der Waals surface area contributed by atoms with Crippen molar-refractivity contribution in [2.45, 2.75) is 4.90 Å². The molecule has 0 unspecified atom stereocenters. The van der Waals surface area contributed by atoms with E-state index >= 15 is 0 Å². The second-order valence-corrected chi connectivity index (χ2v) is 5.82. The minimum Gasteiger partial charge on any atom is -0.399 e. The predicted octanol–water partition coefficient (Wildman–Crippen LogP) is 1.14. The Balaban J connectivity index is 0.00000242. The van der Waals surface area contributed by atoms with Gasteiger partial charge in [-0.25, -0.2) is 8.42 Å². The molecule has 0 saturated heterocycles. The smallest absolute Gasteiger partial charge is 0.261 e. The molecule has 2 aromatic rings. The summed E-state index contributed by atoms with van der Waals surface area (Å²) in [6.45, 7) is 0. The van der Waals surface area contributed by atoms with Gasteiger partial charge in [-0.2, -0.15) is 0 Å². The number of hydrogen-bond acceptors (Lipinski definition) is 5. The van der Waals surface area contributed by atoms with Gasteiger partial charge in [-0.05, 0) is 42.5 Å². The average Bonchev–Trinajstić information content (AvgIpc) is 2.46. The molecule has 5 N–H and O–H groups in total. The largest absolute Gasteiger partial charge is 0.399 e. The number of carbonyl (C=O) groups is 1. The van der Waals surface area contributed by atoms with Crippen molar-refractivity contribution in [3.05, 3.63) is 48.5 Å². The van der Waals surface area contributed by atoms with E-state index in [4.69, 9.17) is 5.73 Å². The fourth-order valence-electron chi connectivity index (χ4n) is 1.63. The summed E-state index contributed by atoms with van der Waals surface area (Å²) >= 11 is 0. The van der Waals surface area contributed by atoms with Gasteiger partial charge in [0.05, 0.1) is 10.6 Å². The number of anilines is 3. The van der Waals surface area contributed by atoms with Gasteiger partial charge in [0.2, 0.25) is 6.41 Å². The normalized spacial score (nSPS) is 10.2. The number of rotatable bonds is 6. The molecule has 0 aliphatic carbocycles. The summed E-state index contributed by atoms with van der Waals surface area (Å²) in [5.41, 5.74) is 11.9. The predicted molar refractivity (Wildman–Crippen MR) is 80.9 cm³/mol. The minimum absolute atomic E-state index is 0. The van der Waals surface area contributed by atoms with Gasteiger partial charge >= 0.3 is 0 Å². The zero-order valence-corrected chi connectivity index (χ0v) is 13.2. The molecular weight excluding hydrogens is 348 g/mol. The average molecular weight is 362 g/mol. The van der Waals surface area contributed by atoms with Gasteiger partial charge in [0.25, 0.3) is 10.0 Å². The molecule has 1 amide bonds. The fraction of sp³-hybridized carbons (Fsp3) is 0. The van der Waals surface area contributed by atoms with Crippen LogP contribution in [0.3, 0.4) is 0 Å². The number of hydrogen-bond donors (Lipinski definition) is 4. The van der Waals surface area contributed by atoms with Crippen molar-refractivity contribution in [2.75, 3.05) is 15.9 Å². The van der Waals surface area contributed by atoms with E-state index in [1.807, 2.05) is 0 Å². The van der Waals surface area contributed by atoms with E-state index in [1.165, 1.54) is 12.1 Å². The Kier molecular flexibility index (Phi) is 6.23. The first-order valence-corrected chi connectivity index (χ1v) is 7.43. The first-order chi connectivity index (χ1) is 10.0. The Morgan fingerprint density at radius 1 is 1.00 bits per heavy atom. The number of carbonyl (C=O) groups excluding carboxylic acids is 1. The summed E-state index contributed by atoms with van der Waals surface area (Å²) in [7, 11) is -3.69. The number of hydrazine groups is 1. The van der Waals surface area contributed by atoms with Crippen LogP contribution in [0.5, 0.6) is 0 Å². The van der Waals surface area contributed by atoms with Gasteiger partial charge in [0.1, 0.15) is 0 Å². The number of amides is 1. The molecule has 9 heteroatoms. The summed E-state index contributed by atoms with van der Waals surface area (Å²) in [5, 5.41) is 0. The Labute approximate surface area is 138 Å². The number of sulfonamides is 1. The van der Waals surface area contributed by atoms with Gasteiger partial charge < -0.3 is 5.73 Å². The molecule has 2 aromatic carbocycles. The molecule has 0 bridgehead atoms. The Hall–Kier alpha value is -2.22. The quantitative estimate of drug-likeness (QED) is 0.266. The van der Waals surface area contributed by atoms with Crippen molar-refractivity contribution in [1.29, 1.82) is 0 Å². The van der Waals surface area contributed by atoms with Crippen LogP contribution in [0.1, 0.15) is 0 Å². The molecule has 22 heavy (non-hydrogen) atoms. The maximum atomic E-state index is 12.2. The third-order valence-corrected chi connectivity index (χ3v) is 3.96.